The van der Waals surface area contributed by atoms with E-state index in [0.29, 0.717) is 16.6 Å². The number of hydrogen-bond acceptors (Lipinski definition) is 5. The molecule has 0 N–H and O–H groups in total. The Morgan fingerprint density at radius 1 is 1.00 bits per heavy atom. The minimum atomic E-state index is -0.663. The van der Waals surface area contributed by atoms with Crippen molar-refractivity contribution in [3.05, 3.63) is 93.7 Å². The Morgan fingerprint density at radius 3 is 2.47 bits per heavy atom. The van der Waals surface area contributed by atoms with E-state index >= 15 is 0 Å². The fourth-order valence-corrected chi connectivity index (χ4v) is 3.81. The molecular weight excluding hydrogens is 406 g/mol. The van der Waals surface area contributed by atoms with Gasteiger partial charge in [-0.25, -0.2) is 4.98 Å². The summed E-state index contributed by atoms with van der Waals surface area (Å²) >= 11 is 0. The smallest absolute Gasteiger partial charge is 0.326 e. The van der Waals surface area contributed by atoms with Crippen LogP contribution in [0.25, 0.3) is 16.7 Å². The molecule has 0 spiro atoms. The first-order valence-corrected chi connectivity index (χ1v) is 10.2. The SMILES string of the molecule is Cc1ccc(-n2c(C)cc(C(=O)COC(=O)Cn3c(=O)cnc4ccccc43)c2C)cc1. The first-order chi connectivity index (χ1) is 15.3. The third-order valence-electron chi connectivity index (χ3n) is 5.43. The number of esters is 1. The van der Waals surface area contributed by atoms with Crippen molar-refractivity contribution in [2.75, 3.05) is 6.61 Å². The number of aryl methyl sites for hydroxylation is 2. The van der Waals surface area contributed by atoms with Crippen LogP contribution >= 0.6 is 0 Å². The molecular formula is C25H23N3O4. The zero-order chi connectivity index (χ0) is 22.8. The first-order valence-electron chi connectivity index (χ1n) is 10.2. The van der Waals surface area contributed by atoms with E-state index in [0.717, 1.165) is 22.6 Å². The van der Waals surface area contributed by atoms with Crippen molar-refractivity contribution in [3.8, 4) is 5.69 Å². The second-order valence-corrected chi connectivity index (χ2v) is 7.71. The molecule has 32 heavy (non-hydrogen) atoms. The molecule has 0 radical (unpaired) electrons. The largest absolute Gasteiger partial charge is 0.456 e. The summed E-state index contributed by atoms with van der Waals surface area (Å²) in [6.07, 6.45) is 1.17. The highest BCUT2D eigenvalue weighted by molar-refractivity contribution is 5.99. The average Bonchev–Trinajstić information content (AvgIpc) is 3.08. The van der Waals surface area contributed by atoms with Gasteiger partial charge in [0.25, 0.3) is 5.56 Å². The molecule has 0 fully saturated rings. The standard InChI is InChI=1S/C25H23N3O4/c1-16-8-10-19(11-9-16)28-17(2)12-20(18(28)3)23(29)15-32-25(31)14-27-22-7-5-4-6-21(22)26-13-24(27)30/h4-13H,14-15H2,1-3H3. The minimum Gasteiger partial charge on any atom is -0.456 e. The predicted octanol–water partition coefficient (Wildman–Crippen LogP) is 3.54. The number of Topliss-reactive ketones (excluding diaryl/α,β-unsaturated/α-hetero) is 1. The lowest BCUT2D eigenvalue weighted by Crippen LogP contribution is -2.27. The van der Waals surface area contributed by atoms with E-state index < -0.39 is 18.1 Å². The van der Waals surface area contributed by atoms with Crippen LogP contribution < -0.4 is 5.56 Å². The normalized spacial score (nSPS) is 11.0. The number of aromatic nitrogens is 3. The minimum absolute atomic E-state index is 0.294. The third-order valence-corrected chi connectivity index (χ3v) is 5.43. The van der Waals surface area contributed by atoms with Crippen LogP contribution in [0.4, 0.5) is 0 Å². The van der Waals surface area contributed by atoms with Gasteiger partial charge in [0.15, 0.2) is 6.61 Å². The number of benzene rings is 2. The fourth-order valence-electron chi connectivity index (χ4n) is 3.81. The summed E-state index contributed by atoms with van der Waals surface area (Å²) in [6, 6.07) is 16.9. The lowest BCUT2D eigenvalue weighted by molar-refractivity contribution is -0.143. The summed E-state index contributed by atoms with van der Waals surface area (Å²) in [6.45, 7) is 5.12. The number of rotatable bonds is 6. The lowest BCUT2D eigenvalue weighted by Gasteiger charge is -2.11. The molecule has 0 saturated heterocycles. The topological polar surface area (TPSA) is 83.2 Å². The predicted molar refractivity (Wildman–Crippen MR) is 121 cm³/mol. The molecule has 2 heterocycles. The van der Waals surface area contributed by atoms with Crippen LogP contribution in [0.1, 0.15) is 27.3 Å². The quantitative estimate of drug-likeness (QED) is 0.346. The van der Waals surface area contributed by atoms with Crippen LogP contribution in [0.2, 0.25) is 0 Å². The Hall–Kier alpha value is -4.00. The molecule has 2 aromatic heterocycles. The second-order valence-electron chi connectivity index (χ2n) is 7.71. The van der Waals surface area contributed by atoms with Gasteiger partial charge in [-0.15, -0.1) is 0 Å². The molecule has 162 valence electrons. The van der Waals surface area contributed by atoms with Crippen molar-refractivity contribution in [2.45, 2.75) is 27.3 Å². The van der Waals surface area contributed by atoms with Crippen LogP contribution in [0.15, 0.2) is 65.6 Å². The zero-order valence-electron chi connectivity index (χ0n) is 18.2. The highest BCUT2D eigenvalue weighted by Gasteiger charge is 2.19. The zero-order valence-corrected chi connectivity index (χ0v) is 18.2. The van der Waals surface area contributed by atoms with Crippen molar-refractivity contribution < 1.29 is 14.3 Å². The van der Waals surface area contributed by atoms with Gasteiger partial charge in [0.2, 0.25) is 5.78 Å². The summed E-state index contributed by atoms with van der Waals surface area (Å²) in [5.41, 5.74) is 5.03. The molecule has 0 amide bonds. The Kier molecular flexibility index (Phi) is 5.73. The number of ketones is 1. The van der Waals surface area contributed by atoms with E-state index in [1.807, 2.05) is 49.6 Å². The fraction of sp³-hybridized carbons (Fsp3) is 0.200. The summed E-state index contributed by atoms with van der Waals surface area (Å²) in [5.74, 6) is -0.958. The maximum Gasteiger partial charge on any atom is 0.326 e. The Bertz CT molecular complexity index is 1380. The number of hydrogen-bond donors (Lipinski definition) is 0. The van der Waals surface area contributed by atoms with Gasteiger partial charge in [0.05, 0.1) is 17.2 Å². The van der Waals surface area contributed by atoms with Crippen LogP contribution in [0, 0.1) is 20.8 Å². The number of carbonyl (C=O) groups is 2. The molecule has 4 aromatic rings. The van der Waals surface area contributed by atoms with Crippen molar-refractivity contribution in [1.82, 2.24) is 14.1 Å². The van der Waals surface area contributed by atoms with E-state index in [1.54, 1.807) is 30.3 Å². The highest BCUT2D eigenvalue weighted by atomic mass is 16.5. The monoisotopic (exact) mass is 429 g/mol. The third kappa shape index (κ3) is 4.09. The Labute approximate surface area is 184 Å². The van der Waals surface area contributed by atoms with Crippen LogP contribution in [0.5, 0.6) is 0 Å². The Morgan fingerprint density at radius 2 is 1.72 bits per heavy atom. The van der Waals surface area contributed by atoms with Crippen molar-refractivity contribution in [3.63, 3.8) is 0 Å². The van der Waals surface area contributed by atoms with Gasteiger partial charge in [-0.2, -0.15) is 0 Å². The van der Waals surface area contributed by atoms with Gasteiger partial charge in [-0.05, 0) is 51.1 Å². The molecule has 0 aliphatic rings. The number of ether oxygens (including phenoxy) is 1. The Balaban J connectivity index is 1.48. The van der Waals surface area contributed by atoms with Gasteiger partial charge >= 0.3 is 5.97 Å². The van der Waals surface area contributed by atoms with Crippen LogP contribution in [-0.2, 0) is 16.1 Å². The van der Waals surface area contributed by atoms with Gasteiger partial charge in [0.1, 0.15) is 6.54 Å². The summed E-state index contributed by atoms with van der Waals surface area (Å²) in [5, 5.41) is 0. The molecule has 7 heteroatoms. The molecule has 2 aromatic carbocycles. The van der Waals surface area contributed by atoms with Crippen LogP contribution in [-0.4, -0.2) is 32.5 Å². The molecule has 0 unspecified atom stereocenters. The maximum atomic E-state index is 12.8. The molecule has 0 aliphatic heterocycles. The molecule has 0 bridgehead atoms. The van der Waals surface area contributed by atoms with Gasteiger partial charge < -0.3 is 9.30 Å². The average molecular weight is 429 g/mol. The molecule has 0 aliphatic carbocycles. The van der Waals surface area contributed by atoms with Crippen molar-refractivity contribution in [2.24, 2.45) is 0 Å². The van der Waals surface area contributed by atoms with E-state index in [1.165, 1.54) is 10.8 Å². The summed E-state index contributed by atoms with van der Waals surface area (Å²) in [4.78, 5) is 41.4. The van der Waals surface area contributed by atoms with E-state index in [4.69, 9.17) is 4.74 Å². The van der Waals surface area contributed by atoms with Gasteiger partial charge in [-0.3, -0.25) is 19.0 Å². The molecule has 7 nitrogen and oxygen atoms in total. The molecule has 0 saturated carbocycles. The first kappa shape index (κ1) is 21.2. The maximum absolute atomic E-state index is 12.8. The van der Waals surface area contributed by atoms with Crippen LogP contribution in [0.3, 0.4) is 0 Å². The number of fused-ring (bicyclic) bond motifs is 1. The number of para-hydroxylation sites is 2. The second kappa shape index (κ2) is 8.63. The highest BCUT2D eigenvalue weighted by Crippen LogP contribution is 2.21. The number of carbonyl (C=O) groups excluding carboxylic acids is 2. The molecule has 0 atom stereocenters. The van der Waals surface area contributed by atoms with E-state index in [-0.39, 0.29) is 12.3 Å². The van der Waals surface area contributed by atoms with E-state index in [2.05, 4.69) is 4.98 Å². The van der Waals surface area contributed by atoms with E-state index in [9.17, 15) is 14.4 Å². The molecule has 4 rings (SSSR count). The van der Waals surface area contributed by atoms with Gasteiger partial charge in [-0.1, -0.05) is 29.8 Å². The van der Waals surface area contributed by atoms with Gasteiger partial charge in [0, 0.05) is 22.6 Å². The van der Waals surface area contributed by atoms with Crippen molar-refractivity contribution >= 4 is 22.8 Å². The summed E-state index contributed by atoms with van der Waals surface area (Å²) < 4.78 is 8.50. The number of nitrogens with zero attached hydrogens (tertiary/aromatic N) is 3. The lowest BCUT2D eigenvalue weighted by atomic mass is 10.1. The van der Waals surface area contributed by atoms with Crippen molar-refractivity contribution in [1.29, 1.82) is 0 Å². The summed E-state index contributed by atoms with van der Waals surface area (Å²) in [7, 11) is 0.